The van der Waals surface area contributed by atoms with Crippen molar-refractivity contribution in [1.82, 2.24) is 0 Å². The van der Waals surface area contributed by atoms with Gasteiger partial charge < -0.3 is 14.6 Å². The van der Waals surface area contributed by atoms with E-state index in [0.717, 1.165) is 38.9 Å². The summed E-state index contributed by atoms with van der Waals surface area (Å²) >= 11 is 0. The van der Waals surface area contributed by atoms with Crippen molar-refractivity contribution in [2.24, 2.45) is 0 Å². The van der Waals surface area contributed by atoms with Crippen LogP contribution in [0.5, 0.6) is 0 Å². The Morgan fingerprint density at radius 2 is 1.68 bits per heavy atom. The summed E-state index contributed by atoms with van der Waals surface area (Å²) in [5, 5.41) is 9.41. The average Bonchev–Trinajstić information content (AvgIpc) is 2.46. The molecule has 0 aliphatic carbocycles. The maximum absolute atomic E-state index is 9.41. The lowest BCUT2D eigenvalue weighted by Crippen LogP contribution is -2.43. The van der Waals surface area contributed by atoms with E-state index in [1.807, 2.05) is 0 Å². The predicted octanol–water partition coefficient (Wildman–Crippen LogP) is 4.03. The highest BCUT2D eigenvalue weighted by Crippen LogP contribution is 2.26. The van der Waals surface area contributed by atoms with Gasteiger partial charge in [-0.15, -0.1) is 0 Å². The second-order valence-electron chi connectivity index (χ2n) is 5.70. The monoisotopic (exact) mass is 272 g/mol. The zero-order chi connectivity index (χ0) is 13.8. The number of hydrogen-bond acceptors (Lipinski definition) is 3. The molecule has 0 aromatic rings. The Morgan fingerprint density at radius 1 is 1.00 bits per heavy atom. The van der Waals surface area contributed by atoms with E-state index in [4.69, 9.17) is 9.47 Å². The van der Waals surface area contributed by atoms with Gasteiger partial charge in [-0.3, -0.25) is 0 Å². The molecule has 19 heavy (non-hydrogen) atoms. The molecule has 0 radical (unpaired) electrons. The van der Waals surface area contributed by atoms with Crippen molar-refractivity contribution in [3.63, 3.8) is 0 Å². The SMILES string of the molecule is CCCCCCCCCCOC1(CO)CCCCO1. The Balaban J connectivity index is 1.94. The average molecular weight is 272 g/mol. The lowest BCUT2D eigenvalue weighted by Gasteiger charge is -2.35. The summed E-state index contributed by atoms with van der Waals surface area (Å²) in [6.07, 6.45) is 13.4. The molecule has 0 aromatic carbocycles. The normalized spacial score (nSPS) is 23.7. The molecule has 1 fully saturated rings. The van der Waals surface area contributed by atoms with Crippen molar-refractivity contribution in [2.45, 2.75) is 83.3 Å². The predicted molar refractivity (Wildman–Crippen MR) is 78.2 cm³/mol. The summed E-state index contributed by atoms with van der Waals surface area (Å²) in [5.74, 6) is -0.681. The van der Waals surface area contributed by atoms with Crippen LogP contribution in [0.4, 0.5) is 0 Å². The smallest absolute Gasteiger partial charge is 0.191 e. The molecule has 0 saturated carbocycles. The number of unbranched alkanes of at least 4 members (excludes halogenated alkanes) is 7. The quantitative estimate of drug-likeness (QED) is 0.577. The van der Waals surface area contributed by atoms with Gasteiger partial charge in [0.25, 0.3) is 0 Å². The number of ether oxygens (including phenoxy) is 2. The van der Waals surface area contributed by atoms with Crippen LogP contribution in [0.15, 0.2) is 0 Å². The minimum atomic E-state index is -0.681. The van der Waals surface area contributed by atoms with Crippen LogP contribution in [0, 0.1) is 0 Å². The first-order chi connectivity index (χ1) is 9.33. The van der Waals surface area contributed by atoms with E-state index in [2.05, 4.69) is 6.92 Å². The van der Waals surface area contributed by atoms with Crippen molar-refractivity contribution < 1.29 is 14.6 Å². The zero-order valence-electron chi connectivity index (χ0n) is 12.7. The third-order valence-corrected chi connectivity index (χ3v) is 3.92. The highest BCUT2D eigenvalue weighted by atomic mass is 16.7. The van der Waals surface area contributed by atoms with E-state index >= 15 is 0 Å². The fourth-order valence-corrected chi connectivity index (χ4v) is 2.61. The first kappa shape index (κ1) is 16.9. The molecule has 1 rings (SSSR count). The fourth-order valence-electron chi connectivity index (χ4n) is 2.61. The summed E-state index contributed by atoms with van der Waals surface area (Å²) < 4.78 is 11.4. The van der Waals surface area contributed by atoms with Crippen LogP contribution < -0.4 is 0 Å². The number of aliphatic hydroxyl groups is 1. The van der Waals surface area contributed by atoms with Gasteiger partial charge in [0.2, 0.25) is 0 Å². The molecule has 0 spiro atoms. The van der Waals surface area contributed by atoms with Gasteiger partial charge in [-0.1, -0.05) is 51.9 Å². The van der Waals surface area contributed by atoms with E-state index < -0.39 is 5.79 Å². The minimum Gasteiger partial charge on any atom is -0.391 e. The van der Waals surface area contributed by atoms with Crippen molar-refractivity contribution in [3.05, 3.63) is 0 Å². The second kappa shape index (κ2) is 10.6. The molecule has 0 aromatic heterocycles. The third-order valence-electron chi connectivity index (χ3n) is 3.92. The molecule has 1 heterocycles. The minimum absolute atomic E-state index is 0.00990. The Labute approximate surface area is 118 Å². The summed E-state index contributed by atoms with van der Waals surface area (Å²) in [5.41, 5.74) is 0. The van der Waals surface area contributed by atoms with Crippen molar-refractivity contribution in [1.29, 1.82) is 0 Å². The molecule has 114 valence electrons. The molecule has 1 aliphatic heterocycles. The van der Waals surface area contributed by atoms with Gasteiger partial charge in [-0.2, -0.15) is 0 Å². The molecule has 1 unspecified atom stereocenters. The topological polar surface area (TPSA) is 38.7 Å². The van der Waals surface area contributed by atoms with Gasteiger partial charge in [0, 0.05) is 6.42 Å². The Morgan fingerprint density at radius 3 is 2.26 bits per heavy atom. The molecule has 3 heteroatoms. The van der Waals surface area contributed by atoms with Crippen LogP contribution in [-0.2, 0) is 9.47 Å². The summed E-state index contributed by atoms with van der Waals surface area (Å²) in [6.45, 7) is 3.68. The van der Waals surface area contributed by atoms with Crippen molar-refractivity contribution in [3.8, 4) is 0 Å². The van der Waals surface area contributed by atoms with Crippen LogP contribution >= 0.6 is 0 Å². The maximum atomic E-state index is 9.41. The number of hydrogen-bond donors (Lipinski definition) is 1. The molecule has 3 nitrogen and oxygen atoms in total. The third kappa shape index (κ3) is 7.28. The molecular formula is C16H32O3. The largest absolute Gasteiger partial charge is 0.391 e. The summed E-state index contributed by atoms with van der Waals surface area (Å²) in [7, 11) is 0. The molecule has 1 saturated heterocycles. The van der Waals surface area contributed by atoms with Crippen molar-refractivity contribution in [2.75, 3.05) is 19.8 Å². The molecule has 1 aliphatic rings. The van der Waals surface area contributed by atoms with Gasteiger partial charge >= 0.3 is 0 Å². The summed E-state index contributed by atoms with van der Waals surface area (Å²) in [4.78, 5) is 0. The van der Waals surface area contributed by atoms with E-state index in [0.29, 0.717) is 0 Å². The van der Waals surface area contributed by atoms with Crippen LogP contribution in [-0.4, -0.2) is 30.7 Å². The lowest BCUT2D eigenvalue weighted by atomic mass is 10.1. The Hall–Kier alpha value is -0.120. The van der Waals surface area contributed by atoms with E-state index in [1.54, 1.807) is 0 Å². The van der Waals surface area contributed by atoms with E-state index in [-0.39, 0.29) is 6.61 Å². The maximum Gasteiger partial charge on any atom is 0.191 e. The lowest BCUT2D eigenvalue weighted by molar-refractivity contribution is -0.271. The Bertz CT molecular complexity index is 200. The molecule has 1 N–H and O–H groups in total. The van der Waals surface area contributed by atoms with Crippen LogP contribution in [0.3, 0.4) is 0 Å². The van der Waals surface area contributed by atoms with Gasteiger partial charge in [0.15, 0.2) is 5.79 Å². The highest BCUT2D eigenvalue weighted by Gasteiger charge is 2.33. The van der Waals surface area contributed by atoms with E-state index in [9.17, 15) is 5.11 Å². The zero-order valence-corrected chi connectivity index (χ0v) is 12.7. The molecule has 1 atom stereocenters. The van der Waals surface area contributed by atoms with Gasteiger partial charge in [-0.25, -0.2) is 0 Å². The highest BCUT2D eigenvalue weighted by molar-refractivity contribution is 4.72. The molecule has 0 bridgehead atoms. The van der Waals surface area contributed by atoms with Gasteiger partial charge in [0.05, 0.1) is 19.8 Å². The van der Waals surface area contributed by atoms with Crippen molar-refractivity contribution >= 4 is 0 Å². The standard InChI is InChI=1S/C16H32O3/c1-2-3-4-5-6-7-8-10-13-18-16(15-17)12-9-11-14-19-16/h17H,2-15H2,1H3. The van der Waals surface area contributed by atoms with Crippen LogP contribution in [0.25, 0.3) is 0 Å². The molecular weight excluding hydrogens is 240 g/mol. The Kier molecular flexibility index (Phi) is 9.48. The number of rotatable bonds is 11. The van der Waals surface area contributed by atoms with Gasteiger partial charge in [0.1, 0.15) is 0 Å². The first-order valence-corrected chi connectivity index (χ1v) is 8.22. The van der Waals surface area contributed by atoms with Crippen LogP contribution in [0.2, 0.25) is 0 Å². The van der Waals surface area contributed by atoms with E-state index in [1.165, 1.54) is 44.9 Å². The number of aliphatic hydroxyl groups excluding tert-OH is 1. The first-order valence-electron chi connectivity index (χ1n) is 8.22. The van der Waals surface area contributed by atoms with Gasteiger partial charge in [-0.05, 0) is 19.3 Å². The fraction of sp³-hybridized carbons (Fsp3) is 1.00. The van der Waals surface area contributed by atoms with Crippen LogP contribution in [0.1, 0.15) is 77.6 Å². The molecule has 0 amide bonds. The summed E-state index contributed by atoms with van der Waals surface area (Å²) in [6, 6.07) is 0. The second-order valence-corrected chi connectivity index (χ2v) is 5.70.